The monoisotopic (exact) mass is 592 g/mol. The molecule has 1 amide bonds. The highest BCUT2D eigenvalue weighted by molar-refractivity contribution is 7.77. The van der Waals surface area contributed by atoms with Gasteiger partial charge in [-0.1, -0.05) is 111 Å². The smallest absolute Gasteiger partial charge is 0.407 e. The fourth-order valence-electron chi connectivity index (χ4n) is 5.75. The summed E-state index contributed by atoms with van der Waals surface area (Å²) >= 11 is 0. The number of rotatable bonds is 10. The number of hydrogen-bond acceptors (Lipinski definition) is 3. The van der Waals surface area contributed by atoms with E-state index in [1.54, 1.807) is 0 Å². The van der Waals surface area contributed by atoms with Gasteiger partial charge in [0.25, 0.3) is 0 Å². The fraction of sp³-hybridized carbons (Fsp3) is 0.200. The van der Waals surface area contributed by atoms with E-state index in [9.17, 15) is 9.36 Å². The Bertz CT molecular complexity index is 1570. The maximum absolute atomic E-state index is 14.9. The van der Waals surface area contributed by atoms with Crippen molar-refractivity contribution in [3.05, 3.63) is 138 Å². The van der Waals surface area contributed by atoms with Gasteiger partial charge in [-0.25, -0.2) is 4.79 Å². The molecule has 0 radical (unpaired) electrons. The van der Waals surface area contributed by atoms with E-state index < -0.39 is 27.5 Å². The van der Waals surface area contributed by atoms with Crippen molar-refractivity contribution in [2.75, 3.05) is 13.2 Å². The molecule has 5 rings (SSSR count). The SMILES string of the molecule is C=C=C([C@@H](CNC(=O)OCC1c2ccccc2-c2ccccc21)NP(=O)(c1ccccc1)c1ccccc1)[Si](C)(C)C. The maximum atomic E-state index is 14.9. The fourth-order valence-corrected chi connectivity index (χ4v) is 10.1. The van der Waals surface area contributed by atoms with Crippen LogP contribution >= 0.6 is 7.29 Å². The summed E-state index contributed by atoms with van der Waals surface area (Å²) in [6.45, 7) is 11.0. The van der Waals surface area contributed by atoms with Crippen LogP contribution in [0, 0.1) is 0 Å². The Morgan fingerprint density at radius 2 is 1.31 bits per heavy atom. The van der Waals surface area contributed by atoms with Gasteiger partial charge in [-0.05, 0) is 51.7 Å². The molecule has 4 aromatic carbocycles. The lowest BCUT2D eigenvalue weighted by atomic mass is 9.98. The van der Waals surface area contributed by atoms with E-state index in [0.717, 1.165) is 16.3 Å². The highest BCUT2D eigenvalue weighted by atomic mass is 31.2. The first-order valence-electron chi connectivity index (χ1n) is 14.2. The number of alkyl carbamates (subject to hydrolysis) is 1. The van der Waals surface area contributed by atoms with Crippen LogP contribution in [-0.4, -0.2) is 33.4 Å². The molecule has 1 aliphatic rings. The third-order valence-corrected chi connectivity index (χ3v) is 12.6. The lowest BCUT2D eigenvalue weighted by molar-refractivity contribution is 0.142. The third kappa shape index (κ3) is 6.13. The molecule has 1 atom stereocenters. The molecule has 0 saturated heterocycles. The second kappa shape index (κ2) is 12.5. The van der Waals surface area contributed by atoms with Crippen molar-refractivity contribution in [3.63, 3.8) is 0 Å². The van der Waals surface area contributed by atoms with Crippen LogP contribution in [0.4, 0.5) is 4.79 Å². The minimum absolute atomic E-state index is 0.0286. The van der Waals surface area contributed by atoms with Crippen LogP contribution in [0.25, 0.3) is 11.1 Å². The quantitative estimate of drug-likeness (QED) is 0.118. The Balaban J connectivity index is 1.36. The topological polar surface area (TPSA) is 67.4 Å². The van der Waals surface area contributed by atoms with Gasteiger partial charge >= 0.3 is 6.09 Å². The summed E-state index contributed by atoms with van der Waals surface area (Å²) in [6.07, 6.45) is -0.517. The van der Waals surface area contributed by atoms with Crippen molar-refractivity contribution in [3.8, 4) is 11.1 Å². The van der Waals surface area contributed by atoms with Crippen LogP contribution in [0.15, 0.2) is 127 Å². The zero-order chi connectivity index (χ0) is 29.7. The zero-order valence-corrected chi connectivity index (χ0v) is 26.2. The Hall–Kier alpha value is -3.92. The molecule has 0 saturated carbocycles. The Labute approximate surface area is 249 Å². The lowest BCUT2D eigenvalue weighted by Gasteiger charge is -2.32. The molecule has 42 heavy (non-hydrogen) atoms. The van der Waals surface area contributed by atoms with Crippen molar-refractivity contribution in [2.45, 2.75) is 31.6 Å². The molecular formula is C35H37N2O3PSi. The van der Waals surface area contributed by atoms with Crippen molar-refractivity contribution in [2.24, 2.45) is 0 Å². The summed E-state index contributed by atoms with van der Waals surface area (Å²) in [4.78, 5) is 13.1. The molecule has 4 aromatic rings. The first-order valence-corrected chi connectivity index (χ1v) is 19.4. The predicted molar refractivity (Wildman–Crippen MR) is 176 cm³/mol. The van der Waals surface area contributed by atoms with Crippen LogP contribution in [0.2, 0.25) is 19.6 Å². The average Bonchev–Trinajstić information content (AvgIpc) is 3.32. The number of fused-ring (bicyclic) bond motifs is 3. The van der Waals surface area contributed by atoms with E-state index in [1.807, 2.05) is 84.9 Å². The third-order valence-electron chi connectivity index (χ3n) is 7.72. The summed E-state index contributed by atoms with van der Waals surface area (Å²) in [5.74, 6) is -0.0286. The van der Waals surface area contributed by atoms with E-state index in [-0.39, 0.29) is 19.1 Å². The van der Waals surface area contributed by atoms with Gasteiger partial charge in [0, 0.05) is 23.1 Å². The molecule has 0 heterocycles. The van der Waals surface area contributed by atoms with Crippen molar-refractivity contribution in [1.82, 2.24) is 10.4 Å². The van der Waals surface area contributed by atoms with Crippen LogP contribution < -0.4 is 21.0 Å². The second-order valence-electron chi connectivity index (χ2n) is 11.5. The normalized spacial score (nSPS) is 13.4. The molecule has 0 spiro atoms. The van der Waals surface area contributed by atoms with E-state index in [2.05, 4.69) is 66.6 Å². The zero-order valence-electron chi connectivity index (χ0n) is 24.3. The van der Waals surface area contributed by atoms with Gasteiger partial charge < -0.3 is 10.1 Å². The average molecular weight is 593 g/mol. The first-order chi connectivity index (χ1) is 20.2. The van der Waals surface area contributed by atoms with E-state index in [1.165, 1.54) is 11.1 Å². The molecule has 0 bridgehead atoms. The molecule has 2 N–H and O–H groups in total. The van der Waals surface area contributed by atoms with Crippen molar-refractivity contribution in [1.29, 1.82) is 0 Å². The van der Waals surface area contributed by atoms with Crippen LogP contribution in [0.5, 0.6) is 0 Å². The summed E-state index contributed by atoms with van der Waals surface area (Å²) in [5.41, 5.74) is 7.82. The molecule has 7 heteroatoms. The standard InChI is InChI=1S/C35H37N2O3PSi/c1-5-34(42(2,3)4)33(37-41(39,26-16-8-6-9-17-26)27-18-10-7-11-19-27)24-36-35(38)40-25-32-30-22-14-12-20-28(30)29-21-13-15-23-31(29)32/h6-23,32-33H,1,24-25H2,2-4H3,(H,36,38)(H,37,39)/t33-/m1/s1. The van der Waals surface area contributed by atoms with Gasteiger partial charge in [0.1, 0.15) is 6.61 Å². The first kappa shape index (κ1) is 29.6. The van der Waals surface area contributed by atoms with Gasteiger partial charge in [0.2, 0.25) is 7.29 Å². The van der Waals surface area contributed by atoms with Gasteiger partial charge in [0.05, 0.1) is 14.1 Å². The van der Waals surface area contributed by atoms with Crippen LogP contribution in [-0.2, 0) is 9.30 Å². The molecule has 0 aromatic heterocycles. The molecule has 0 fully saturated rings. The summed E-state index contributed by atoms with van der Waals surface area (Å²) in [6, 6.07) is 35.0. The van der Waals surface area contributed by atoms with E-state index in [0.29, 0.717) is 10.6 Å². The molecule has 5 nitrogen and oxygen atoms in total. The lowest BCUT2D eigenvalue weighted by Crippen LogP contribution is -2.48. The number of ether oxygens (including phenoxy) is 1. The summed E-state index contributed by atoms with van der Waals surface area (Å²) in [5, 5.41) is 8.78. The number of amides is 1. The van der Waals surface area contributed by atoms with Gasteiger partial charge in [-0.2, -0.15) is 0 Å². The summed E-state index contributed by atoms with van der Waals surface area (Å²) in [7, 11) is -5.27. The molecular weight excluding hydrogens is 555 g/mol. The number of nitrogens with one attached hydrogen (secondary N) is 2. The largest absolute Gasteiger partial charge is 0.449 e. The minimum Gasteiger partial charge on any atom is -0.449 e. The molecule has 0 aliphatic heterocycles. The molecule has 0 unspecified atom stereocenters. The van der Waals surface area contributed by atoms with Gasteiger partial charge in [-0.3, -0.25) is 9.65 Å². The predicted octanol–water partition coefficient (Wildman–Crippen LogP) is 7.00. The highest BCUT2D eigenvalue weighted by Crippen LogP contribution is 2.44. The van der Waals surface area contributed by atoms with Gasteiger partial charge in [-0.15, -0.1) is 5.73 Å². The van der Waals surface area contributed by atoms with Crippen molar-refractivity contribution < 1.29 is 14.1 Å². The van der Waals surface area contributed by atoms with Crippen LogP contribution in [0.1, 0.15) is 17.0 Å². The number of benzene rings is 4. The van der Waals surface area contributed by atoms with Gasteiger partial charge in [0.15, 0.2) is 0 Å². The number of carbonyl (C=O) groups excluding carboxylic acids is 1. The van der Waals surface area contributed by atoms with E-state index >= 15 is 0 Å². The Morgan fingerprint density at radius 3 is 1.79 bits per heavy atom. The molecule has 214 valence electrons. The highest BCUT2D eigenvalue weighted by Gasteiger charge is 2.36. The second-order valence-corrected chi connectivity index (χ2v) is 19.1. The number of hydrogen-bond donors (Lipinski definition) is 2. The number of carbonyl (C=O) groups is 1. The Morgan fingerprint density at radius 1 is 0.833 bits per heavy atom. The maximum Gasteiger partial charge on any atom is 0.407 e. The van der Waals surface area contributed by atoms with Crippen molar-refractivity contribution >= 4 is 32.1 Å². The Kier molecular flexibility index (Phi) is 8.82. The van der Waals surface area contributed by atoms with E-state index in [4.69, 9.17) is 4.74 Å². The van der Waals surface area contributed by atoms with Crippen LogP contribution in [0.3, 0.4) is 0 Å². The minimum atomic E-state index is -3.29. The summed E-state index contributed by atoms with van der Waals surface area (Å²) < 4.78 is 20.7. The molecule has 1 aliphatic carbocycles.